The summed E-state index contributed by atoms with van der Waals surface area (Å²) in [6.45, 7) is 4.00. The summed E-state index contributed by atoms with van der Waals surface area (Å²) in [6.07, 6.45) is -2.34. The van der Waals surface area contributed by atoms with Crippen LogP contribution in [-0.2, 0) is 6.18 Å². The quantitative estimate of drug-likeness (QED) is 0.467. The molecular weight excluding hydrogens is 373 g/mol. The number of benzene rings is 2. The van der Waals surface area contributed by atoms with Crippen molar-refractivity contribution in [2.24, 2.45) is 0 Å². The van der Waals surface area contributed by atoms with Gasteiger partial charge in [0.05, 0.1) is 26.9 Å². The average molecular weight is 396 g/mol. The second kappa shape index (κ2) is 10.4. The zero-order valence-corrected chi connectivity index (χ0v) is 16.4. The lowest BCUT2D eigenvalue weighted by Crippen LogP contribution is -2.07. The first-order valence-electron chi connectivity index (χ1n) is 8.50. The number of ketones is 1. The van der Waals surface area contributed by atoms with Gasteiger partial charge in [0, 0.05) is 12.1 Å². The fourth-order valence-electron chi connectivity index (χ4n) is 2.40. The van der Waals surface area contributed by atoms with Crippen molar-refractivity contribution in [2.45, 2.75) is 20.0 Å². The van der Waals surface area contributed by atoms with Crippen LogP contribution in [0.2, 0.25) is 0 Å². The maximum absolute atomic E-state index is 13.0. The molecule has 0 amide bonds. The number of hydrogen-bond acceptors (Lipinski definition) is 4. The largest absolute Gasteiger partial charge is 0.496 e. The van der Waals surface area contributed by atoms with Crippen molar-refractivity contribution in [3.8, 4) is 17.2 Å². The predicted octanol–water partition coefficient (Wildman–Crippen LogP) is 5.65. The molecule has 0 N–H and O–H groups in total. The minimum absolute atomic E-state index is 0.0940. The third kappa shape index (κ3) is 5.52. The van der Waals surface area contributed by atoms with Crippen LogP contribution in [-0.4, -0.2) is 27.1 Å². The zero-order chi connectivity index (χ0) is 21.3. The lowest BCUT2D eigenvalue weighted by molar-refractivity contribution is -0.137. The Labute approximate surface area is 162 Å². The molecule has 0 bridgehead atoms. The maximum atomic E-state index is 13.0. The van der Waals surface area contributed by atoms with Gasteiger partial charge < -0.3 is 14.2 Å². The Balaban J connectivity index is 0.00000190. The highest BCUT2D eigenvalue weighted by Crippen LogP contribution is 2.35. The van der Waals surface area contributed by atoms with Gasteiger partial charge in [-0.2, -0.15) is 13.2 Å². The van der Waals surface area contributed by atoms with Gasteiger partial charge in [0.1, 0.15) is 22.8 Å². The molecule has 2 aromatic rings. The fourth-order valence-corrected chi connectivity index (χ4v) is 2.40. The van der Waals surface area contributed by atoms with Gasteiger partial charge in [0.15, 0.2) is 5.78 Å². The van der Waals surface area contributed by atoms with Gasteiger partial charge in [-0.05, 0) is 17.7 Å². The number of carbonyl (C=O) groups is 1. The molecule has 0 radical (unpaired) electrons. The molecule has 0 aliphatic heterocycles. The molecule has 0 aliphatic carbocycles. The van der Waals surface area contributed by atoms with Gasteiger partial charge in [-0.3, -0.25) is 4.79 Å². The number of hydrogen-bond donors (Lipinski definition) is 0. The molecule has 2 rings (SSSR count). The van der Waals surface area contributed by atoms with Gasteiger partial charge >= 0.3 is 6.18 Å². The highest BCUT2D eigenvalue weighted by Gasteiger charge is 2.32. The van der Waals surface area contributed by atoms with Crippen molar-refractivity contribution in [3.63, 3.8) is 0 Å². The summed E-state index contributed by atoms with van der Waals surface area (Å²) in [6, 6.07) is 7.99. The minimum Gasteiger partial charge on any atom is -0.496 e. The number of alkyl halides is 3. The van der Waals surface area contributed by atoms with E-state index < -0.39 is 17.5 Å². The van der Waals surface area contributed by atoms with E-state index in [0.29, 0.717) is 5.75 Å². The Morgan fingerprint density at radius 1 is 0.929 bits per heavy atom. The third-order valence-electron chi connectivity index (χ3n) is 3.64. The summed E-state index contributed by atoms with van der Waals surface area (Å²) in [7, 11) is 4.19. The van der Waals surface area contributed by atoms with Gasteiger partial charge in [-0.15, -0.1) is 0 Å². The molecule has 4 nitrogen and oxygen atoms in total. The Bertz CT molecular complexity index is 802. The van der Waals surface area contributed by atoms with E-state index in [-0.39, 0.29) is 22.6 Å². The van der Waals surface area contributed by atoms with Crippen LogP contribution in [0.1, 0.15) is 35.3 Å². The lowest BCUT2D eigenvalue weighted by Gasteiger charge is -2.13. The molecule has 0 aromatic heterocycles. The lowest BCUT2D eigenvalue weighted by atomic mass is 10.0. The topological polar surface area (TPSA) is 44.8 Å². The van der Waals surface area contributed by atoms with Gasteiger partial charge in [-0.1, -0.05) is 38.1 Å². The Kier molecular flexibility index (Phi) is 8.57. The van der Waals surface area contributed by atoms with Crippen LogP contribution in [0.3, 0.4) is 0 Å². The zero-order valence-electron chi connectivity index (χ0n) is 16.4. The van der Waals surface area contributed by atoms with Crippen LogP contribution in [0.5, 0.6) is 17.2 Å². The molecule has 7 heteroatoms. The summed E-state index contributed by atoms with van der Waals surface area (Å²) >= 11 is 0. The van der Waals surface area contributed by atoms with Crippen molar-refractivity contribution >= 4 is 11.9 Å². The summed E-state index contributed by atoms with van der Waals surface area (Å²) in [5.41, 5.74) is -0.839. The van der Waals surface area contributed by atoms with E-state index >= 15 is 0 Å². The van der Waals surface area contributed by atoms with Gasteiger partial charge in [0.2, 0.25) is 0 Å². The summed E-state index contributed by atoms with van der Waals surface area (Å²) in [5.74, 6) is 0.250. The summed E-state index contributed by atoms with van der Waals surface area (Å²) in [4.78, 5) is 12.6. The molecule has 0 saturated heterocycles. The van der Waals surface area contributed by atoms with Crippen LogP contribution in [0.25, 0.3) is 6.08 Å². The first kappa shape index (κ1) is 23.1. The second-order valence-corrected chi connectivity index (χ2v) is 5.19. The van der Waals surface area contributed by atoms with Crippen molar-refractivity contribution in [2.75, 3.05) is 21.3 Å². The first-order valence-corrected chi connectivity index (χ1v) is 8.50. The Morgan fingerprint density at radius 3 is 1.93 bits per heavy atom. The standard InChI is InChI=1S/C19H17F3O4.C2H6/c1-24-13-10-16(25-2)18(17(11-13)26-3)15(23)9-8-12-6-4-5-7-14(12)19(20,21)22;1-2/h4-11H,1-3H3;1-2H3/b9-8+;. The summed E-state index contributed by atoms with van der Waals surface area (Å²) < 4.78 is 54.6. The monoisotopic (exact) mass is 396 g/mol. The van der Waals surface area contributed by atoms with Crippen LogP contribution in [0.4, 0.5) is 13.2 Å². The molecule has 0 atom stereocenters. The second-order valence-electron chi connectivity index (χ2n) is 5.19. The van der Waals surface area contributed by atoms with Gasteiger partial charge in [-0.25, -0.2) is 0 Å². The van der Waals surface area contributed by atoms with E-state index in [0.717, 1.165) is 18.2 Å². The van der Waals surface area contributed by atoms with E-state index in [9.17, 15) is 18.0 Å². The number of halogens is 3. The molecule has 2 aromatic carbocycles. The number of rotatable bonds is 6. The third-order valence-corrected chi connectivity index (χ3v) is 3.64. The molecule has 0 unspecified atom stereocenters. The first-order chi connectivity index (χ1) is 13.3. The normalized spacial score (nSPS) is 10.9. The molecule has 0 saturated carbocycles. The minimum atomic E-state index is -4.51. The number of allylic oxidation sites excluding steroid dienone is 1. The molecular formula is C21H23F3O4. The number of ether oxygens (including phenoxy) is 3. The number of methoxy groups -OCH3 is 3. The van der Waals surface area contributed by atoms with Crippen LogP contribution < -0.4 is 14.2 Å². The highest BCUT2D eigenvalue weighted by atomic mass is 19.4. The van der Waals surface area contributed by atoms with Crippen LogP contribution in [0.15, 0.2) is 42.5 Å². The predicted molar refractivity (Wildman–Crippen MR) is 102 cm³/mol. The van der Waals surface area contributed by atoms with Crippen molar-refractivity contribution < 1.29 is 32.2 Å². The molecule has 0 fully saturated rings. The van der Waals surface area contributed by atoms with E-state index in [1.54, 1.807) is 0 Å². The van der Waals surface area contributed by atoms with Crippen molar-refractivity contribution in [3.05, 3.63) is 59.2 Å². The molecule has 0 heterocycles. The van der Waals surface area contributed by atoms with Crippen molar-refractivity contribution in [1.82, 2.24) is 0 Å². The average Bonchev–Trinajstić information content (AvgIpc) is 2.71. The Hall–Kier alpha value is -2.96. The van der Waals surface area contributed by atoms with Gasteiger partial charge in [0.25, 0.3) is 0 Å². The smallest absolute Gasteiger partial charge is 0.416 e. The van der Waals surface area contributed by atoms with E-state index in [4.69, 9.17) is 14.2 Å². The van der Waals surface area contributed by atoms with E-state index in [1.807, 2.05) is 13.8 Å². The van der Waals surface area contributed by atoms with E-state index in [2.05, 4.69) is 0 Å². The van der Waals surface area contributed by atoms with E-state index in [1.165, 1.54) is 51.7 Å². The molecule has 28 heavy (non-hydrogen) atoms. The maximum Gasteiger partial charge on any atom is 0.416 e. The molecule has 0 aliphatic rings. The van der Waals surface area contributed by atoms with Crippen LogP contribution in [0, 0.1) is 0 Å². The summed E-state index contributed by atoms with van der Waals surface area (Å²) in [5, 5.41) is 0. The molecule has 0 spiro atoms. The molecule has 152 valence electrons. The number of carbonyl (C=O) groups excluding carboxylic acids is 1. The SMILES string of the molecule is CC.COc1cc(OC)c(C(=O)/C=C/c2ccccc2C(F)(F)F)c(OC)c1. The van der Waals surface area contributed by atoms with Crippen LogP contribution >= 0.6 is 0 Å². The van der Waals surface area contributed by atoms with Crippen molar-refractivity contribution in [1.29, 1.82) is 0 Å². The Morgan fingerprint density at radius 2 is 1.46 bits per heavy atom. The highest BCUT2D eigenvalue weighted by molar-refractivity contribution is 6.10. The fraction of sp³-hybridized carbons (Fsp3) is 0.286.